The van der Waals surface area contributed by atoms with E-state index >= 15 is 0 Å². The van der Waals surface area contributed by atoms with Gasteiger partial charge in [0.2, 0.25) is 0 Å². The van der Waals surface area contributed by atoms with E-state index in [-0.39, 0.29) is 24.9 Å². The van der Waals surface area contributed by atoms with Crippen LogP contribution in [0.4, 0.5) is 4.39 Å². The molecule has 5 heteroatoms. The van der Waals surface area contributed by atoms with E-state index in [1.807, 2.05) is 0 Å². The number of carbonyl (C=O) groups is 2. The molecule has 0 bridgehead atoms. The van der Waals surface area contributed by atoms with Crippen molar-refractivity contribution in [3.05, 3.63) is 35.4 Å². The van der Waals surface area contributed by atoms with Crippen LogP contribution in [0.2, 0.25) is 0 Å². The first kappa shape index (κ1) is 15.2. The average Bonchev–Trinajstić information content (AvgIpc) is 2.79. The third-order valence-corrected chi connectivity index (χ3v) is 4.49. The summed E-state index contributed by atoms with van der Waals surface area (Å²) in [5.74, 6) is -0.776. The van der Waals surface area contributed by atoms with E-state index in [0.717, 1.165) is 17.7 Å². The molecule has 22 heavy (non-hydrogen) atoms. The normalized spacial score (nSPS) is 20.3. The fourth-order valence-corrected chi connectivity index (χ4v) is 3.27. The minimum absolute atomic E-state index is 0.175. The summed E-state index contributed by atoms with van der Waals surface area (Å²) < 4.78 is 14.2. The summed E-state index contributed by atoms with van der Waals surface area (Å²) in [5.41, 5.74) is 0.750. The van der Waals surface area contributed by atoms with Crippen molar-refractivity contribution >= 4 is 11.8 Å². The SMILES string of the molecule is O=C1c2ccccc2C(=O)N1CC(F)CNC1CCCCC1. The summed E-state index contributed by atoms with van der Waals surface area (Å²) in [6.45, 7) is 0.0180. The Morgan fingerprint density at radius 1 is 1.09 bits per heavy atom. The Kier molecular flexibility index (Phi) is 4.52. The van der Waals surface area contributed by atoms with Gasteiger partial charge in [-0.1, -0.05) is 31.4 Å². The maximum atomic E-state index is 14.2. The lowest BCUT2D eigenvalue weighted by molar-refractivity contribution is 0.0609. The molecule has 1 aliphatic carbocycles. The van der Waals surface area contributed by atoms with Gasteiger partial charge in [-0.15, -0.1) is 0 Å². The summed E-state index contributed by atoms with van der Waals surface area (Å²) in [6, 6.07) is 7.02. The number of hydrogen-bond acceptors (Lipinski definition) is 3. The van der Waals surface area contributed by atoms with Crippen molar-refractivity contribution in [2.45, 2.75) is 44.3 Å². The van der Waals surface area contributed by atoms with Gasteiger partial charge in [0, 0.05) is 12.6 Å². The average molecular weight is 304 g/mol. The molecular weight excluding hydrogens is 283 g/mol. The van der Waals surface area contributed by atoms with Crippen LogP contribution in [-0.4, -0.2) is 42.0 Å². The van der Waals surface area contributed by atoms with Gasteiger partial charge in [0.15, 0.2) is 0 Å². The van der Waals surface area contributed by atoms with Crippen LogP contribution >= 0.6 is 0 Å². The topological polar surface area (TPSA) is 49.4 Å². The van der Waals surface area contributed by atoms with Gasteiger partial charge in [-0.2, -0.15) is 0 Å². The van der Waals surface area contributed by atoms with Gasteiger partial charge in [-0.3, -0.25) is 14.5 Å². The van der Waals surface area contributed by atoms with Crippen molar-refractivity contribution in [3.63, 3.8) is 0 Å². The third-order valence-electron chi connectivity index (χ3n) is 4.49. The Hall–Kier alpha value is -1.75. The quantitative estimate of drug-likeness (QED) is 0.851. The summed E-state index contributed by atoms with van der Waals surface area (Å²) in [4.78, 5) is 25.4. The molecule has 1 heterocycles. The molecule has 1 aliphatic heterocycles. The molecule has 118 valence electrons. The molecule has 3 rings (SSSR count). The molecule has 1 fully saturated rings. The van der Waals surface area contributed by atoms with Gasteiger partial charge in [0.25, 0.3) is 11.8 Å². The zero-order chi connectivity index (χ0) is 15.5. The largest absolute Gasteiger partial charge is 0.311 e. The summed E-state index contributed by atoms with van der Waals surface area (Å²) >= 11 is 0. The summed E-state index contributed by atoms with van der Waals surface area (Å²) in [7, 11) is 0. The molecule has 0 spiro atoms. The highest BCUT2D eigenvalue weighted by molar-refractivity contribution is 6.21. The maximum Gasteiger partial charge on any atom is 0.261 e. The molecule has 2 amide bonds. The number of nitrogens with zero attached hydrogens (tertiary/aromatic N) is 1. The number of alkyl halides is 1. The van der Waals surface area contributed by atoms with Crippen molar-refractivity contribution < 1.29 is 14.0 Å². The maximum absolute atomic E-state index is 14.2. The molecule has 2 aliphatic rings. The number of imide groups is 1. The highest BCUT2D eigenvalue weighted by Gasteiger charge is 2.36. The lowest BCUT2D eigenvalue weighted by atomic mass is 9.95. The number of nitrogens with one attached hydrogen (secondary N) is 1. The number of hydrogen-bond donors (Lipinski definition) is 1. The predicted octanol–water partition coefficient (Wildman–Crippen LogP) is 2.54. The molecule has 1 atom stereocenters. The van der Waals surface area contributed by atoms with E-state index in [1.165, 1.54) is 19.3 Å². The van der Waals surface area contributed by atoms with Crippen molar-refractivity contribution in [2.24, 2.45) is 0 Å². The van der Waals surface area contributed by atoms with Crippen LogP contribution in [0.1, 0.15) is 52.8 Å². The Morgan fingerprint density at radius 2 is 1.68 bits per heavy atom. The number of benzene rings is 1. The van der Waals surface area contributed by atoms with Crippen LogP contribution in [-0.2, 0) is 0 Å². The van der Waals surface area contributed by atoms with Crippen molar-refractivity contribution in [1.29, 1.82) is 0 Å². The molecule has 1 aromatic carbocycles. The smallest absolute Gasteiger partial charge is 0.261 e. The monoisotopic (exact) mass is 304 g/mol. The van der Waals surface area contributed by atoms with E-state index in [4.69, 9.17) is 0 Å². The first-order chi connectivity index (χ1) is 10.7. The van der Waals surface area contributed by atoms with Crippen molar-refractivity contribution in [2.75, 3.05) is 13.1 Å². The molecule has 0 radical (unpaired) electrons. The molecule has 1 unspecified atom stereocenters. The van der Waals surface area contributed by atoms with Crippen molar-refractivity contribution in [3.8, 4) is 0 Å². The number of carbonyl (C=O) groups excluding carboxylic acids is 2. The van der Waals surface area contributed by atoms with Crippen LogP contribution in [0.3, 0.4) is 0 Å². The number of fused-ring (bicyclic) bond motifs is 1. The minimum atomic E-state index is -1.23. The molecule has 0 saturated heterocycles. The Labute approximate surface area is 129 Å². The lowest BCUT2D eigenvalue weighted by Crippen LogP contribution is -2.42. The van der Waals surface area contributed by atoms with E-state index in [1.54, 1.807) is 24.3 Å². The first-order valence-corrected chi connectivity index (χ1v) is 7.99. The standard InChI is InChI=1S/C17H21FN2O2/c18-12(10-19-13-6-2-1-3-7-13)11-20-16(21)14-8-4-5-9-15(14)17(20)22/h4-5,8-9,12-13,19H,1-3,6-7,10-11H2. The van der Waals surface area contributed by atoms with Crippen molar-refractivity contribution in [1.82, 2.24) is 10.2 Å². The Morgan fingerprint density at radius 3 is 2.27 bits per heavy atom. The zero-order valence-electron chi connectivity index (χ0n) is 12.6. The van der Waals surface area contributed by atoms with Gasteiger partial charge >= 0.3 is 0 Å². The second-order valence-corrected chi connectivity index (χ2v) is 6.11. The second kappa shape index (κ2) is 6.57. The van der Waals surface area contributed by atoms with Gasteiger partial charge in [0.05, 0.1) is 17.7 Å². The summed E-state index contributed by atoms with van der Waals surface area (Å²) in [5, 5.41) is 3.22. The predicted molar refractivity (Wildman–Crippen MR) is 81.6 cm³/mol. The number of rotatable bonds is 5. The Bertz CT molecular complexity index is 535. The van der Waals surface area contributed by atoms with Gasteiger partial charge in [-0.05, 0) is 25.0 Å². The molecule has 0 aromatic heterocycles. The van der Waals surface area contributed by atoms with Crippen LogP contribution in [0.25, 0.3) is 0 Å². The van der Waals surface area contributed by atoms with E-state index in [0.29, 0.717) is 17.2 Å². The number of amides is 2. The van der Waals surface area contributed by atoms with Crippen LogP contribution in [0.15, 0.2) is 24.3 Å². The highest BCUT2D eigenvalue weighted by atomic mass is 19.1. The minimum Gasteiger partial charge on any atom is -0.311 e. The van der Waals surface area contributed by atoms with E-state index in [2.05, 4.69) is 5.32 Å². The molecule has 1 saturated carbocycles. The van der Waals surface area contributed by atoms with Gasteiger partial charge < -0.3 is 5.32 Å². The first-order valence-electron chi connectivity index (χ1n) is 7.99. The number of halogens is 1. The Balaban J connectivity index is 1.55. The highest BCUT2D eigenvalue weighted by Crippen LogP contribution is 2.23. The molecular formula is C17H21FN2O2. The van der Waals surface area contributed by atoms with Gasteiger partial charge in [-0.25, -0.2) is 4.39 Å². The van der Waals surface area contributed by atoms with Crippen LogP contribution in [0, 0.1) is 0 Å². The fourth-order valence-electron chi connectivity index (χ4n) is 3.27. The van der Waals surface area contributed by atoms with E-state index < -0.39 is 6.17 Å². The second-order valence-electron chi connectivity index (χ2n) is 6.11. The van der Waals surface area contributed by atoms with E-state index in [9.17, 15) is 14.0 Å². The fraction of sp³-hybridized carbons (Fsp3) is 0.529. The third kappa shape index (κ3) is 3.04. The van der Waals surface area contributed by atoms with Crippen LogP contribution in [0.5, 0.6) is 0 Å². The van der Waals surface area contributed by atoms with Crippen LogP contribution < -0.4 is 5.32 Å². The molecule has 1 N–H and O–H groups in total. The zero-order valence-corrected chi connectivity index (χ0v) is 12.6. The molecule has 1 aromatic rings. The summed E-state index contributed by atoms with van der Waals surface area (Å²) in [6.07, 6.45) is 4.57. The van der Waals surface area contributed by atoms with Gasteiger partial charge in [0.1, 0.15) is 6.17 Å². The molecule has 4 nitrogen and oxygen atoms in total. The lowest BCUT2D eigenvalue weighted by Gasteiger charge is -2.24.